The Hall–Kier alpha value is -3.39. The van der Waals surface area contributed by atoms with Crippen LogP contribution in [0.4, 0.5) is 5.69 Å². The van der Waals surface area contributed by atoms with Crippen LogP contribution in [0.2, 0.25) is 0 Å². The van der Waals surface area contributed by atoms with Gasteiger partial charge in [0.1, 0.15) is 11.8 Å². The summed E-state index contributed by atoms with van der Waals surface area (Å²) in [6, 6.07) is 16.9. The Balaban J connectivity index is 1.53. The lowest BCUT2D eigenvalue weighted by atomic mass is 10.0. The number of nitrogens with zero attached hydrogens (tertiary/aromatic N) is 2. The average Bonchev–Trinajstić information content (AvgIpc) is 3.38. The summed E-state index contributed by atoms with van der Waals surface area (Å²) in [4.78, 5) is 12.2. The fraction of sp³-hybridized carbons (Fsp3) is 0.182. The highest BCUT2D eigenvalue weighted by molar-refractivity contribution is 7.92. The topological polar surface area (TPSA) is 92.0 Å². The zero-order valence-corrected chi connectivity index (χ0v) is 17.4. The van der Waals surface area contributed by atoms with Gasteiger partial charge in [-0.1, -0.05) is 29.8 Å². The molecule has 7 nitrogen and oxygen atoms in total. The minimum Gasteiger partial charge on any atom is -0.467 e. The Kier molecular flexibility index (Phi) is 5.17. The van der Waals surface area contributed by atoms with Gasteiger partial charge in [-0.15, -0.1) is 0 Å². The van der Waals surface area contributed by atoms with Crippen LogP contribution >= 0.6 is 0 Å². The first-order valence-electron chi connectivity index (χ1n) is 9.44. The molecule has 0 radical (unpaired) electrons. The second kappa shape index (κ2) is 7.79. The molecular formula is C22H21N3O4S. The van der Waals surface area contributed by atoms with E-state index in [-0.39, 0.29) is 16.8 Å². The number of aryl methyl sites for hydroxylation is 1. The molecule has 154 valence electrons. The summed E-state index contributed by atoms with van der Waals surface area (Å²) < 4.78 is 33.2. The predicted octanol–water partition coefficient (Wildman–Crippen LogP) is 4.09. The molecule has 0 aliphatic carbocycles. The SMILES string of the molecule is CC(=O)N1N=C(c2ccc(NS(=O)(=O)c3ccc(C)cc3)cc2)CC1c1ccco1. The van der Waals surface area contributed by atoms with Crippen molar-refractivity contribution in [2.75, 3.05) is 4.72 Å². The standard InChI is InChI=1S/C22H21N3O4S/c1-15-5-11-19(12-6-15)30(27,28)24-18-9-7-17(8-10-18)20-14-21(22-4-3-13-29-22)25(23-20)16(2)26/h3-13,21,24H,14H2,1-2H3. The third-order valence-electron chi connectivity index (χ3n) is 4.91. The van der Waals surface area contributed by atoms with Gasteiger partial charge in [0.15, 0.2) is 0 Å². The monoisotopic (exact) mass is 423 g/mol. The summed E-state index contributed by atoms with van der Waals surface area (Å²) in [5, 5.41) is 5.88. The molecule has 4 rings (SSSR count). The van der Waals surface area contributed by atoms with E-state index in [0.29, 0.717) is 17.9 Å². The number of sulfonamides is 1. The predicted molar refractivity (Wildman–Crippen MR) is 114 cm³/mol. The minimum atomic E-state index is -3.67. The van der Waals surface area contributed by atoms with Crippen LogP contribution in [0.3, 0.4) is 0 Å². The Bertz CT molecular complexity index is 1180. The summed E-state index contributed by atoms with van der Waals surface area (Å²) in [5.41, 5.74) is 2.99. The minimum absolute atomic E-state index is 0.172. The van der Waals surface area contributed by atoms with E-state index in [2.05, 4.69) is 9.82 Å². The summed E-state index contributed by atoms with van der Waals surface area (Å²) >= 11 is 0. The van der Waals surface area contributed by atoms with E-state index in [0.717, 1.165) is 16.8 Å². The van der Waals surface area contributed by atoms with Crippen LogP contribution in [0, 0.1) is 6.92 Å². The van der Waals surface area contributed by atoms with Crippen molar-refractivity contribution in [3.63, 3.8) is 0 Å². The van der Waals surface area contributed by atoms with Crippen molar-refractivity contribution in [1.29, 1.82) is 0 Å². The van der Waals surface area contributed by atoms with E-state index < -0.39 is 10.0 Å². The van der Waals surface area contributed by atoms with E-state index in [9.17, 15) is 13.2 Å². The van der Waals surface area contributed by atoms with Gasteiger partial charge in [0.05, 0.1) is 16.9 Å². The summed E-state index contributed by atoms with van der Waals surface area (Å²) in [5.74, 6) is 0.500. The molecule has 1 aromatic heterocycles. The van der Waals surface area contributed by atoms with E-state index in [1.165, 1.54) is 11.9 Å². The third kappa shape index (κ3) is 3.99. The van der Waals surface area contributed by atoms with Gasteiger partial charge in [0.2, 0.25) is 5.91 Å². The molecule has 1 aliphatic heterocycles. The van der Waals surface area contributed by atoms with Gasteiger partial charge in [-0.2, -0.15) is 5.10 Å². The van der Waals surface area contributed by atoms with Crippen molar-refractivity contribution < 1.29 is 17.6 Å². The quantitative estimate of drug-likeness (QED) is 0.669. The lowest BCUT2D eigenvalue weighted by Gasteiger charge is -2.17. The molecule has 2 aromatic carbocycles. The van der Waals surface area contributed by atoms with Crippen molar-refractivity contribution in [3.8, 4) is 0 Å². The van der Waals surface area contributed by atoms with Crippen molar-refractivity contribution >= 4 is 27.3 Å². The molecule has 1 atom stereocenters. The summed E-state index contributed by atoms with van der Waals surface area (Å²) in [7, 11) is -3.67. The van der Waals surface area contributed by atoms with Crippen LogP contribution < -0.4 is 4.72 Å². The van der Waals surface area contributed by atoms with Crippen LogP contribution in [-0.2, 0) is 14.8 Å². The molecule has 3 aromatic rings. The first-order chi connectivity index (χ1) is 14.3. The molecule has 8 heteroatoms. The van der Waals surface area contributed by atoms with Crippen molar-refractivity contribution in [1.82, 2.24) is 5.01 Å². The molecule has 1 aliphatic rings. The molecule has 0 fully saturated rings. The van der Waals surface area contributed by atoms with Gasteiger partial charge < -0.3 is 4.42 Å². The van der Waals surface area contributed by atoms with Crippen molar-refractivity contribution in [2.24, 2.45) is 5.10 Å². The number of benzene rings is 2. The summed E-state index contributed by atoms with van der Waals surface area (Å²) in [6.07, 6.45) is 2.09. The number of hydrazone groups is 1. The van der Waals surface area contributed by atoms with Crippen molar-refractivity contribution in [3.05, 3.63) is 83.8 Å². The zero-order valence-electron chi connectivity index (χ0n) is 16.6. The van der Waals surface area contributed by atoms with Gasteiger partial charge in [-0.25, -0.2) is 13.4 Å². The van der Waals surface area contributed by atoms with Crippen LogP contribution in [0.15, 0.2) is 81.3 Å². The number of hydrogen-bond acceptors (Lipinski definition) is 5. The van der Waals surface area contributed by atoms with Gasteiger partial charge in [-0.05, 0) is 48.9 Å². The molecule has 1 amide bonds. The fourth-order valence-corrected chi connectivity index (χ4v) is 4.40. The number of anilines is 1. The smallest absolute Gasteiger partial charge is 0.261 e. The third-order valence-corrected chi connectivity index (χ3v) is 6.30. The van der Waals surface area contributed by atoms with E-state index in [4.69, 9.17) is 4.42 Å². The summed E-state index contributed by atoms with van der Waals surface area (Å²) in [6.45, 7) is 3.36. The molecule has 30 heavy (non-hydrogen) atoms. The number of rotatable bonds is 5. The van der Waals surface area contributed by atoms with Crippen LogP contribution in [0.5, 0.6) is 0 Å². The Labute approximate surface area is 175 Å². The number of furan rings is 1. The molecular weight excluding hydrogens is 402 g/mol. The fourth-order valence-electron chi connectivity index (χ4n) is 3.34. The van der Waals surface area contributed by atoms with E-state index in [1.807, 2.05) is 13.0 Å². The lowest BCUT2D eigenvalue weighted by molar-refractivity contribution is -0.130. The largest absolute Gasteiger partial charge is 0.467 e. The van der Waals surface area contributed by atoms with Crippen LogP contribution in [0.25, 0.3) is 0 Å². The number of amides is 1. The Morgan fingerprint density at radius 1 is 1.10 bits per heavy atom. The molecule has 0 spiro atoms. The second-order valence-corrected chi connectivity index (χ2v) is 8.82. The first-order valence-corrected chi connectivity index (χ1v) is 10.9. The maximum absolute atomic E-state index is 12.6. The zero-order chi connectivity index (χ0) is 21.3. The molecule has 0 saturated carbocycles. The van der Waals surface area contributed by atoms with Gasteiger partial charge >= 0.3 is 0 Å². The number of carbonyl (C=O) groups is 1. The highest BCUT2D eigenvalue weighted by atomic mass is 32.2. The maximum atomic E-state index is 12.6. The normalized spacial score (nSPS) is 16.4. The Morgan fingerprint density at radius 3 is 2.40 bits per heavy atom. The molecule has 1 unspecified atom stereocenters. The average molecular weight is 423 g/mol. The van der Waals surface area contributed by atoms with Crippen molar-refractivity contribution in [2.45, 2.75) is 31.2 Å². The first kappa shape index (κ1) is 19.9. The van der Waals surface area contributed by atoms with Gasteiger partial charge in [0, 0.05) is 19.0 Å². The number of carbonyl (C=O) groups excluding carboxylic acids is 1. The van der Waals surface area contributed by atoms with E-state index in [1.54, 1.807) is 60.9 Å². The lowest BCUT2D eigenvalue weighted by Crippen LogP contribution is -2.23. The van der Waals surface area contributed by atoms with Gasteiger partial charge in [0.25, 0.3) is 10.0 Å². The van der Waals surface area contributed by atoms with Crippen LogP contribution in [0.1, 0.15) is 36.3 Å². The molecule has 2 heterocycles. The number of nitrogens with one attached hydrogen (secondary N) is 1. The highest BCUT2D eigenvalue weighted by Gasteiger charge is 2.33. The number of hydrogen-bond donors (Lipinski definition) is 1. The van der Waals surface area contributed by atoms with Crippen LogP contribution in [-0.4, -0.2) is 25.0 Å². The molecule has 0 saturated heterocycles. The molecule has 0 bridgehead atoms. The molecule has 1 N–H and O–H groups in total. The second-order valence-electron chi connectivity index (χ2n) is 7.14. The Morgan fingerprint density at radius 2 is 1.80 bits per heavy atom. The highest BCUT2D eigenvalue weighted by Crippen LogP contribution is 2.33. The maximum Gasteiger partial charge on any atom is 0.261 e. The van der Waals surface area contributed by atoms with E-state index >= 15 is 0 Å². The van der Waals surface area contributed by atoms with Gasteiger partial charge in [-0.3, -0.25) is 9.52 Å².